The number of likely N-dealkylation sites (tertiary alicyclic amines) is 1. The van der Waals surface area contributed by atoms with Crippen molar-refractivity contribution in [1.29, 1.82) is 0 Å². The molecule has 1 unspecified atom stereocenters. The number of carbonyl (C=O) groups excluding carboxylic acids is 2. The molecule has 1 spiro atoms. The minimum absolute atomic E-state index is 0.0696. The lowest BCUT2D eigenvalue weighted by atomic mass is 9.73. The van der Waals surface area contributed by atoms with E-state index in [1.165, 1.54) is 11.1 Å². The molecule has 1 atom stereocenters. The molecule has 16 heteroatoms. The van der Waals surface area contributed by atoms with Crippen LogP contribution in [0.4, 0.5) is 26.3 Å². The number of carbonyl (C=O) groups is 4. The second-order valence-corrected chi connectivity index (χ2v) is 10.8. The van der Waals surface area contributed by atoms with Gasteiger partial charge in [-0.05, 0) is 68.0 Å². The zero-order valence-corrected chi connectivity index (χ0v) is 24.5. The third-order valence-corrected chi connectivity index (χ3v) is 7.34. The van der Waals surface area contributed by atoms with Crippen LogP contribution in [0.1, 0.15) is 53.1 Å². The number of hydrogen-bond acceptors (Lipinski definition) is 6. The standard InChI is InChI=1S/C25H32N4O2.2C2HF3O2/c1-28(2)16-13-27-23(30)17-20-18-25(22-6-4-3-5-21(20)22)9-14-29(15-10-25)24(31)19-7-11-26-12-8-19;2*3-2(4,5)1(6)7/h3-8,11-12,20H,9-10,13-18H2,1-2H3,(H,27,30);2*(H,6,7). The molecule has 1 aliphatic heterocycles. The summed E-state index contributed by atoms with van der Waals surface area (Å²) < 4.78 is 63.5. The fourth-order valence-electron chi connectivity index (χ4n) is 5.21. The molecule has 3 N–H and O–H groups in total. The molecule has 0 radical (unpaired) electrons. The summed E-state index contributed by atoms with van der Waals surface area (Å²) in [4.78, 5) is 51.3. The van der Waals surface area contributed by atoms with Crippen LogP contribution < -0.4 is 5.32 Å². The zero-order chi connectivity index (χ0) is 34.0. The SMILES string of the molecule is CN(C)CCNC(=O)CC1CC2(CCN(C(=O)c3ccncc3)CC2)c2ccccc21.O=C(O)C(F)(F)F.O=C(O)C(F)(F)F. The molecule has 4 rings (SSSR count). The normalized spacial score (nSPS) is 16.9. The van der Waals surface area contributed by atoms with E-state index in [1.54, 1.807) is 24.5 Å². The molecule has 0 bridgehead atoms. The van der Waals surface area contributed by atoms with Crippen LogP contribution in [0.5, 0.6) is 0 Å². The Morgan fingerprint density at radius 3 is 1.93 bits per heavy atom. The van der Waals surface area contributed by atoms with E-state index in [0.717, 1.165) is 38.9 Å². The zero-order valence-electron chi connectivity index (χ0n) is 24.5. The Morgan fingerprint density at radius 2 is 1.44 bits per heavy atom. The van der Waals surface area contributed by atoms with Gasteiger partial charge in [0.2, 0.25) is 5.91 Å². The highest BCUT2D eigenvalue weighted by molar-refractivity contribution is 5.94. The van der Waals surface area contributed by atoms with Gasteiger partial charge in [0, 0.05) is 50.6 Å². The Labute approximate surface area is 255 Å². The summed E-state index contributed by atoms with van der Waals surface area (Å²) in [6.45, 7) is 3.02. The number of nitrogens with one attached hydrogen (secondary N) is 1. The first kappa shape index (κ1) is 37.0. The summed E-state index contributed by atoms with van der Waals surface area (Å²) in [6.07, 6.45) is -3.42. The first-order valence-electron chi connectivity index (χ1n) is 13.7. The van der Waals surface area contributed by atoms with Gasteiger partial charge in [-0.2, -0.15) is 26.3 Å². The van der Waals surface area contributed by atoms with Crippen molar-refractivity contribution in [1.82, 2.24) is 20.1 Å². The Kier molecular flexibility index (Phi) is 12.9. The van der Waals surface area contributed by atoms with Crippen molar-refractivity contribution in [2.75, 3.05) is 40.3 Å². The van der Waals surface area contributed by atoms with Gasteiger partial charge >= 0.3 is 24.3 Å². The molecule has 2 aromatic rings. The summed E-state index contributed by atoms with van der Waals surface area (Å²) in [5, 5.41) is 17.3. The Hall–Kier alpha value is -4.21. The van der Waals surface area contributed by atoms with Gasteiger partial charge < -0.3 is 25.3 Å². The van der Waals surface area contributed by atoms with Gasteiger partial charge in [0.15, 0.2) is 0 Å². The number of hydrogen-bond donors (Lipinski definition) is 3. The van der Waals surface area contributed by atoms with Crippen LogP contribution in [0.2, 0.25) is 0 Å². The van der Waals surface area contributed by atoms with E-state index in [1.807, 2.05) is 19.0 Å². The number of nitrogens with zero attached hydrogens (tertiary/aromatic N) is 3. The van der Waals surface area contributed by atoms with Gasteiger partial charge in [-0.3, -0.25) is 14.6 Å². The summed E-state index contributed by atoms with van der Waals surface area (Å²) in [5.74, 6) is -5.05. The lowest BCUT2D eigenvalue weighted by Gasteiger charge is -2.40. The average Bonchev–Trinajstić information content (AvgIpc) is 3.25. The summed E-state index contributed by atoms with van der Waals surface area (Å²) >= 11 is 0. The number of halogens is 6. The van der Waals surface area contributed by atoms with Gasteiger partial charge in [0.05, 0.1) is 0 Å². The van der Waals surface area contributed by atoms with E-state index < -0.39 is 24.3 Å². The molecule has 1 saturated heterocycles. The quantitative estimate of drug-likeness (QED) is 0.399. The van der Waals surface area contributed by atoms with Gasteiger partial charge in [-0.15, -0.1) is 0 Å². The molecule has 1 aromatic heterocycles. The van der Waals surface area contributed by atoms with Crippen molar-refractivity contribution in [3.8, 4) is 0 Å². The second-order valence-electron chi connectivity index (χ2n) is 10.8. The molecule has 1 aromatic carbocycles. The lowest BCUT2D eigenvalue weighted by Crippen LogP contribution is -2.44. The average molecular weight is 649 g/mol. The Balaban J connectivity index is 0.000000421. The molecule has 248 valence electrons. The first-order valence-corrected chi connectivity index (χ1v) is 13.7. The van der Waals surface area contributed by atoms with E-state index in [2.05, 4.69) is 39.5 Å². The highest BCUT2D eigenvalue weighted by atomic mass is 19.4. The molecule has 2 amide bonds. The largest absolute Gasteiger partial charge is 0.490 e. The van der Waals surface area contributed by atoms with E-state index >= 15 is 0 Å². The van der Waals surface area contributed by atoms with Gasteiger partial charge in [0.25, 0.3) is 5.91 Å². The number of carboxylic acid groups (broad SMARTS) is 2. The molecule has 0 saturated carbocycles. The molecule has 1 aliphatic carbocycles. The fourth-order valence-corrected chi connectivity index (χ4v) is 5.21. The Bertz CT molecular complexity index is 1290. The van der Waals surface area contributed by atoms with E-state index in [0.29, 0.717) is 18.5 Å². The smallest absolute Gasteiger partial charge is 0.475 e. The number of fused-ring (bicyclic) bond motifs is 2. The van der Waals surface area contributed by atoms with E-state index in [9.17, 15) is 35.9 Å². The monoisotopic (exact) mass is 648 g/mol. The molecule has 10 nitrogen and oxygen atoms in total. The third kappa shape index (κ3) is 11.0. The maximum absolute atomic E-state index is 12.8. The number of alkyl halides is 6. The van der Waals surface area contributed by atoms with Crippen molar-refractivity contribution in [3.63, 3.8) is 0 Å². The van der Waals surface area contributed by atoms with Gasteiger partial charge in [-0.1, -0.05) is 24.3 Å². The van der Waals surface area contributed by atoms with Crippen molar-refractivity contribution >= 4 is 23.8 Å². The van der Waals surface area contributed by atoms with Crippen LogP contribution >= 0.6 is 0 Å². The number of rotatable bonds is 6. The molecule has 2 heterocycles. The number of pyridine rings is 1. The summed E-state index contributed by atoms with van der Waals surface area (Å²) in [7, 11) is 4.02. The Morgan fingerprint density at radius 1 is 0.933 bits per heavy atom. The maximum atomic E-state index is 12.8. The number of piperidine rings is 1. The number of amides is 2. The van der Waals surface area contributed by atoms with Gasteiger partial charge in [-0.25, -0.2) is 9.59 Å². The van der Waals surface area contributed by atoms with Crippen molar-refractivity contribution in [3.05, 3.63) is 65.5 Å². The van der Waals surface area contributed by atoms with E-state index in [4.69, 9.17) is 19.8 Å². The van der Waals surface area contributed by atoms with Crippen molar-refractivity contribution in [2.45, 2.75) is 49.4 Å². The highest BCUT2D eigenvalue weighted by Crippen LogP contribution is 2.52. The number of likely N-dealkylation sites (N-methyl/N-ethyl adjacent to an activating group) is 1. The summed E-state index contributed by atoms with van der Waals surface area (Å²) in [6, 6.07) is 12.2. The van der Waals surface area contributed by atoms with Crippen molar-refractivity contribution < 1.29 is 55.7 Å². The van der Waals surface area contributed by atoms with Gasteiger partial charge in [0.1, 0.15) is 0 Å². The highest BCUT2D eigenvalue weighted by Gasteiger charge is 2.46. The predicted molar refractivity (Wildman–Crippen MR) is 148 cm³/mol. The topological polar surface area (TPSA) is 140 Å². The van der Waals surface area contributed by atoms with Crippen LogP contribution in [0, 0.1) is 0 Å². The number of aromatic nitrogens is 1. The second kappa shape index (κ2) is 15.7. The van der Waals surface area contributed by atoms with Crippen LogP contribution in [0.15, 0.2) is 48.8 Å². The van der Waals surface area contributed by atoms with Crippen LogP contribution in [-0.2, 0) is 19.8 Å². The summed E-state index contributed by atoms with van der Waals surface area (Å²) in [5.41, 5.74) is 3.47. The third-order valence-electron chi connectivity index (χ3n) is 7.34. The maximum Gasteiger partial charge on any atom is 0.490 e. The minimum atomic E-state index is -5.08. The molecular formula is C29H34F6N4O6. The van der Waals surface area contributed by atoms with Crippen LogP contribution in [0.25, 0.3) is 0 Å². The number of carboxylic acids is 2. The van der Waals surface area contributed by atoms with Crippen LogP contribution in [-0.4, -0.2) is 101 Å². The molecular weight excluding hydrogens is 614 g/mol. The first-order chi connectivity index (χ1) is 20.9. The molecule has 2 aliphatic rings. The van der Waals surface area contributed by atoms with Crippen molar-refractivity contribution in [2.24, 2.45) is 0 Å². The van der Waals surface area contributed by atoms with E-state index in [-0.39, 0.29) is 23.1 Å². The fraction of sp³-hybridized carbons (Fsp3) is 0.483. The molecule has 1 fully saturated rings. The minimum Gasteiger partial charge on any atom is -0.475 e. The number of aliphatic carboxylic acids is 2. The number of benzene rings is 1. The van der Waals surface area contributed by atoms with Crippen LogP contribution in [0.3, 0.4) is 0 Å². The predicted octanol–water partition coefficient (Wildman–Crippen LogP) is 4.08. The molecule has 45 heavy (non-hydrogen) atoms. The lowest BCUT2D eigenvalue weighted by molar-refractivity contribution is -0.193.